The number of ether oxygens (including phenoxy) is 2. The third-order valence-electron chi connectivity index (χ3n) is 5.46. The molecule has 10 heteroatoms. The van der Waals surface area contributed by atoms with Gasteiger partial charge in [-0.05, 0) is 76.4 Å². The SMILES string of the molecule is CCOc1cc(/C=C2\SC(=O)N(Cc3ccc([N+](=O)[O-])cc3)C2=O)cc(Br)c1OCc1cccc(C)c1. The number of non-ortho nitro benzene ring substituents is 1. The van der Waals surface area contributed by atoms with E-state index in [-0.39, 0.29) is 17.1 Å². The van der Waals surface area contributed by atoms with Gasteiger partial charge in [0.2, 0.25) is 0 Å². The average molecular weight is 583 g/mol. The molecular weight excluding hydrogens is 560 g/mol. The number of rotatable bonds is 9. The molecule has 37 heavy (non-hydrogen) atoms. The second-order valence-electron chi connectivity index (χ2n) is 8.23. The van der Waals surface area contributed by atoms with Crippen LogP contribution in [0.5, 0.6) is 11.5 Å². The van der Waals surface area contributed by atoms with Crippen molar-refractivity contribution in [1.82, 2.24) is 4.90 Å². The Morgan fingerprint density at radius 1 is 1.05 bits per heavy atom. The third-order valence-corrected chi connectivity index (χ3v) is 6.95. The predicted octanol–water partition coefficient (Wildman–Crippen LogP) is 6.88. The maximum atomic E-state index is 13.0. The lowest BCUT2D eigenvalue weighted by Gasteiger charge is -2.15. The van der Waals surface area contributed by atoms with Gasteiger partial charge in [0.15, 0.2) is 11.5 Å². The lowest BCUT2D eigenvalue weighted by molar-refractivity contribution is -0.384. The summed E-state index contributed by atoms with van der Waals surface area (Å²) in [6.45, 7) is 4.70. The van der Waals surface area contributed by atoms with E-state index in [9.17, 15) is 19.7 Å². The maximum Gasteiger partial charge on any atom is 0.293 e. The predicted molar refractivity (Wildman–Crippen MR) is 145 cm³/mol. The first kappa shape index (κ1) is 26.4. The molecule has 0 N–H and O–H groups in total. The highest BCUT2D eigenvalue weighted by Gasteiger charge is 2.35. The van der Waals surface area contributed by atoms with E-state index in [1.807, 2.05) is 32.0 Å². The second kappa shape index (κ2) is 11.6. The number of aryl methyl sites for hydroxylation is 1. The summed E-state index contributed by atoms with van der Waals surface area (Å²) in [6.07, 6.45) is 1.64. The highest BCUT2D eigenvalue weighted by molar-refractivity contribution is 9.10. The normalized spacial score (nSPS) is 14.4. The minimum Gasteiger partial charge on any atom is -0.490 e. The Kier molecular flexibility index (Phi) is 8.30. The van der Waals surface area contributed by atoms with Gasteiger partial charge < -0.3 is 9.47 Å². The maximum absolute atomic E-state index is 13.0. The first-order valence-electron chi connectivity index (χ1n) is 11.4. The molecule has 1 saturated heterocycles. The van der Waals surface area contributed by atoms with Crippen LogP contribution in [-0.2, 0) is 17.9 Å². The molecular formula is C27H23BrN2O6S. The van der Waals surface area contributed by atoms with Crippen LogP contribution in [0, 0.1) is 17.0 Å². The Hall–Kier alpha value is -3.63. The molecule has 0 unspecified atom stereocenters. The van der Waals surface area contributed by atoms with Crippen LogP contribution in [0.25, 0.3) is 6.08 Å². The van der Waals surface area contributed by atoms with Crippen LogP contribution in [-0.4, -0.2) is 27.6 Å². The molecule has 0 spiro atoms. The molecule has 0 aliphatic carbocycles. The number of hydrogen-bond acceptors (Lipinski definition) is 7. The summed E-state index contributed by atoms with van der Waals surface area (Å²) in [5, 5.41) is 10.5. The molecule has 1 aliphatic rings. The third kappa shape index (κ3) is 6.39. The number of thioether (sulfide) groups is 1. The zero-order valence-corrected chi connectivity index (χ0v) is 22.5. The minimum atomic E-state index is -0.500. The second-order valence-corrected chi connectivity index (χ2v) is 10.1. The summed E-state index contributed by atoms with van der Waals surface area (Å²) < 4.78 is 12.5. The number of carbonyl (C=O) groups is 2. The summed E-state index contributed by atoms with van der Waals surface area (Å²) in [7, 11) is 0. The zero-order chi connectivity index (χ0) is 26.5. The van der Waals surface area contributed by atoms with Gasteiger partial charge >= 0.3 is 0 Å². The van der Waals surface area contributed by atoms with E-state index < -0.39 is 16.1 Å². The van der Waals surface area contributed by atoms with Gasteiger partial charge in [0.1, 0.15) is 6.61 Å². The van der Waals surface area contributed by atoms with Gasteiger partial charge in [0.25, 0.3) is 16.8 Å². The number of nitrogens with zero attached hydrogens (tertiary/aromatic N) is 2. The molecule has 0 radical (unpaired) electrons. The molecule has 3 aromatic rings. The molecule has 2 amide bonds. The topological polar surface area (TPSA) is 99.0 Å². The molecule has 0 saturated carbocycles. The van der Waals surface area contributed by atoms with Gasteiger partial charge in [-0.25, -0.2) is 0 Å². The van der Waals surface area contributed by atoms with Crippen molar-refractivity contribution in [1.29, 1.82) is 0 Å². The van der Waals surface area contributed by atoms with Crippen molar-refractivity contribution < 1.29 is 24.0 Å². The van der Waals surface area contributed by atoms with E-state index in [0.29, 0.717) is 40.3 Å². The van der Waals surface area contributed by atoms with Gasteiger partial charge in [0.05, 0.1) is 27.5 Å². The fraction of sp³-hybridized carbons (Fsp3) is 0.185. The Morgan fingerprint density at radius 3 is 2.49 bits per heavy atom. The number of nitro benzene ring substituents is 1. The summed E-state index contributed by atoms with van der Waals surface area (Å²) in [5.41, 5.74) is 3.40. The minimum absolute atomic E-state index is 0.0274. The van der Waals surface area contributed by atoms with Crippen molar-refractivity contribution >= 4 is 50.6 Å². The number of benzene rings is 3. The van der Waals surface area contributed by atoms with Gasteiger partial charge in [-0.15, -0.1) is 0 Å². The van der Waals surface area contributed by atoms with E-state index in [4.69, 9.17) is 9.47 Å². The number of hydrogen-bond donors (Lipinski definition) is 0. The van der Waals surface area contributed by atoms with Gasteiger partial charge in [-0.3, -0.25) is 24.6 Å². The Labute approximate surface area is 226 Å². The van der Waals surface area contributed by atoms with Crippen molar-refractivity contribution in [2.24, 2.45) is 0 Å². The first-order valence-corrected chi connectivity index (χ1v) is 13.0. The molecule has 190 valence electrons. The number of amides is 2. The van der Waals surface area contributed by atoms with Crippen molar-refractivity contribution in [3.05, 3.63) is 102 Å². The number of imide groups is 1. The number of carbonyl (C=O) groups excluding carboxylic acids is 2. The highest BCUT2D eigenvalue weighted by Crippen LogP contribution is 2.40. The standard InChI is InChI=1S/C27H23BrN2O6S/c1-3-35-23-13-20(12-22(28)25(23)36-16-19-6-4-5-17(2)11-19)14-24-26(31)29(27(32)37-24)15-18-7-9-21(10-8-18)30(33)34/h4-14H,3,15-16H2,1-2H3/b24-14-. The summed E-state index contributed by atoms with van der Waals surface area (Å²) in [6, 6.07) is 17.4. The van der Waals surface area contributed by atoms with E-state index in [2.05, 4.69) is 22.0 Å². The number of halogens is 1. The van der Waals surface area contributed by atoms with E-state index in [1.54, 1.807) is 18.2 Å². The molecule has 1 heterocycles. The summed E-state index contributed by atoms with van der Waals surface area (Å²) >= 11 is 4.40. The Morgan fingerprint density at radius 2 is 1.81 bits per heavy atom. The Bertz CT molecular complexity index is 1390. The van der Waals surface area contributed by atoms with Crippen LogP contribution in [0.3, 0.4) is 0 Å². The van der Waals surface area contributed by atoms with Crippen molar-refractivity contribution in [2.75, 3.05) is 6.61 Å². The number of nitro groups is 1. The fourth-order valence-electron chi connectivity index (χ4n) is 3.73. The zero-order valence-electron chi connectivity index (χ0n) is 20.1. The summed E-state index contributed by atoms with van der Waals surface area (Å²) in [5.74, 6) is 0.634. The largest absolute Gasteiger partial charge is 0.490 e. The van der Waals surface area contributed by atoms with Crippen LogP contribution in [0.1, 0.15) is 29.2 Å². The quantitative estimate of drug-likeness (QED) is 0.154. The molecule has 4 rings (SSSR count). The monoisotopic (exact) mass is 582 g/mol. The van der Waals surface area contributed by atoms with E-state index in [0.717, 1.165) is 27.8 Å². The molecule has 0 bridgehead atoms. The van der Waals surface area contributed by atoms with Crippen LogP contribution in [0.4, 0.5) is 10.5 Å². The van der Waals surface area contributed by atoms with Crippen molar-refractivity contribution in [3.8, 4) is 11.5 Å². The molecule has 0 atom stereocenters. The van der Waals surface area contributed by atoms with Crippen LogP contribution < -0.4 is 9.47 Å². The molecule has 1 fully saturated rings. The van der Waals surface area contributed by atoms with Crippen molar-refractivity contribution in [3.63, 3.8) is 0 Å². The molecule has 1 aliphatic heterocycles. The van der Waals surface area contributed by atoms with Crippen molar-refractivity contribution in [2.45, 2.75) is 27.0 Å². The fourth-order valence-corrected chi connectivity index (χ4v) is 5.14. The first-order chi connectivity index (χ1) is 17.7. The Balaban J connectivity index is 1.53. The van der Waals surface area contributed by atoms with Crippen LogP contribution in [0.2, 0.25) is 0 Å². The highest BCUT2D eigenvalue weighted by atomic mass is 79.9. The average Bonchev–Trinajstić information content (AvgIpc) is 3.11. The van der Waals surface area contributed by atoms with Gasteiger partial charge in [0, 0.05) is 12.1 Å². The molecule has 8 nitrogen and oxygen atoms in total. The van der Waals surface area contributed by atoms with Crippen LogP contribution >= 0.6 is 27.7 Å². The van der Waals surface area contributed by atoms with Crippen LogP contribution in [0.15, 0.2) is 70.0 Å². The van der Waals surface area contributed by atoms with E-state index >= 15 is 0 Å². The van der Waals surface area contributed by atoms with E-state index in [1.165, 1.54) is 24.3 Å². The van der Waals surface area contributed by atoms with Gasteiger partial charge in [-0.1, -0.05) is 42.0 Å². The lowest BCUT2D eigenvalue weighted by atomic mass is 10.1. The lowest BCUT2D eigenvalue weighted by Crippen LogP contribution is -2.27. The molecule has 0 aromatic heterocycles. The summed E-state index contributed by atoms with van der Waals surface area (Å²) in [4.78, 5) is 37.3. The smallest absolute Gasteiger partial charge is 0.293 e. The van der Waals surface area contributed by atoms with Gasteiger partial charge in [-0.2, -0.15) is 0 Å². The molecule has 3 aromatic carbocycles.